The Morgan fingerprint density at radius 1 is 0.319 bits per heavy atom. The minimum Gasteiger partial charge on any atom is -0.497 e. The van der Waals surface area contributed by atoms with Gasteiger partial charge in [-0.1, -0.05) is 153 Å². The maximum Gasteiger partial charge on any atom is 0.119 e. The summed E-state index contributed by atoms with van der Waals surface area (Å²) in [6.45, 7) is 6.65. The van der Waals surface area contributed by atoms with Gasteiger partial charge in [0.25, 0.3) is 0 Å². The zero-order chi connectivity index (χ0) is 48.6. The fourth-order valence-corrected chi connectivity index (χ4v) is 11.6. The van der Waals surface area contributed by atoms with Crippen LogP contribution < -0.4 is 19.3 Å². The minimum absolute atomic E-state index is 0.428. The fraction of sp³-hybridized carbons (Fsp3) is 0.0882. The van der Waals surface area contributed by atoms with E-state index in [-0.39, 0.29) is 0 Å². The summed E-state index contributed by atoms with van der Waals surface area (Å²) in [6.07, 6.45) is 0. The second kappa shape index (κ2) is 17.2. The molecule has 13 rings (SSSR count). The van der Waals surface area contributed by atoms with E-state index in [1.165, 1.54) is 98.0 Å². The third-order valence-electron chi connectivity index (χ3n) is 15.0. The van der Waals surface area contributed by atoms with Gasteiger partial charge in [-0.25, -0.2) is 0 Å². The molecule has 0 aliphatic carbocycles. The molecule has 0 aliphatic rings. The van der Waals surface area contributed by atoms with Crippen LogP contribution in [0.25, 0.3) is 86.9 Å². The lowest BCUT2D eigenvalue weighted by molar-refractivity contribution is 0.414. The summed E-state index contributed by atoms with van der Waals surface area (Å²) in [5.74, 6) is 2.08. The number of benzene rings is 11. The molecular formula is C68H52N2O2. The molecular weight excluding hydrogens is 877 g/mol. The number of ether oxygens (including phenoxy) is 2. The molecule has 0 heterocycles. The average Bonchev–Trinajstić information content (AvgIpc) is 3.95. The Morgan fingerprint density at radius 3 is 1.04 bits per heavy atom. The molecule has 0 spiro atoms. The van der Waals surface area contributed by atoms with Gasteiger partial charge < -0.3 is 19.3 Å². The van der Waals surface area contributed by atoms with Crippen LogP contribution in [0.4, 0.5) is 34.1 Å². The number of nitrogens with zero attached hydrogens (tertiary/aromatic N) is 2. The molecule has 0 amide bonds. The summed E-state index contributed by atoms with van der Waals surface area (Å²) in [5, 5.41) is 15.0. The molecule has 72 heavy (non-hydrogen) atoms. The average molecular weight is 929 g/mol. The molecule has 0 fully saturated rings. The van der Waals surface area contributed by atoms with E-state index in [2.05, 4.69) is 237 Å². The van der Waals surface area contributed by atoms with E-state index in [1.807, 2.05) is 12.1 Å². The zero-order valence-electron chi connectivity index (χ0n) is 41.1. The predicted molar refractivity (Wildman–Crippen MR) is 306 cm³/mol. The first-order valence-electron chi connectivity index (χ1n) is 24.9. The van der Waals surface area contributed by atoms with Gasteiger partial charge in [-0.05, 0) is 179 Å². The molecule has 0 saturated carbocycles. The highest BCUT2D eigenvalue weighted by atomic mass is 16.5. The van der Waals surface area contributed by atoms with Crippen LogP contribution in [0.5, 0.6) is 11.5 Å². The Balaban J connectivity index is 1.16. The minimum atomic E-state index is 0.428. The van der Waals surface area contributed by atoms with Crippen LogP contribution in [0.15, 0.2) is 218 Å². The summed E-state index contributed by atoms with van der Waals surface area (Å²) in [7, 11) is 3.44. The van der Waals surface area contributed by atoms with Crippen LogP contribution in [0.2, 0.25) is 0 Å². The molecule has 346 valence electrons. The zero-order valence-corrected chi connectivity index (χ0v) is 41.1. The van der Waals surface area contributed by atoms with Gasteiger partial charge in [-0.3, -0.25) is 0 Å². The molecule has 13 aromatic rings. The molecule has 0 aliphatic heterocycles. The molecule has 0 saturated heterocycles. The van der Waals surface area contributed by atoms with Gasteiger partial charge in [0.05, 0.1) is 25.6 Å². The molecule has 0 N–H and O–H groups in total. The Bertz CT molecular complexity index is 4010. The van der Waals surface area contributed by atoms with Gasteiger partial charge in [0.2, 0.25) is 0 Å². The van der Waals surface area contributed by atoms with E-state index < -0.39 is 0 Å². The van der Waals surface area contributed by atoms with Crippen molar-refractivity contribution in [3.05, 3.63) is 230 Å². The highest BCUT2D eigenvalue weighted by Gasteiger charge is 2.30. The van der Waals surface area contributed by atoms with Crippen molar-refractivity contribution in [3.8, 4) is 33.8 Å². The Kier molecular flexibility index (Phi) is 10.3. The van der Waals surface area contributed by atoms with Crippen molar-refractivity contribution in [2.75, 3.05) is 24.0 Å². The predicted octanol–water partition coefficient (Wildman–Crippen LogP) is 19.2. The number of methoxy groups -OCH3 is 2. The highest BCUT2D eigenvalue weighted by molar-refractivity contribution is 6.47. The van der Waals surface area contributed by atoms with E-state index in [9.17, 15) is 0 Å². The lowest BCUT2D eigenvalue weighted by Gasteiger charge is -2.27. The third-order valence-corrected chi connectivity index (χ3v) is 15.0. The van der Waals surface area contributed by atoms with Crippen molar-refractivity contribution < 1.29 is 9.47 Å². The van der Waals surface area contributed by atoms with Crippen molar-refractivity contribution in [1.82, 2.24) is 0 Å². The lowest BCUT2D eigenvalue weighted by atomic mass is 9.87. The molecule has 0 aromatic heterocycles. The molecule has 4 heteroatoms. The van der Waals surface area contributed by atoms with E-state index in [4.69, 9.17) is 9.47 Å². The summed E-state index contributed by atoms with van der Waals surface area (Å²) in [5.41, 5.74) is 14.0. The van der Waals surface area contributed by atoms with Crippen LogP contribution in [0.1, 0.15) is 30.9 Å². The smallest absolute Gasteiger partial charge is 0.119 e. The van der Waals surface area contributed by atoms with Gasteiger partial charge in [0.15, 0.2) is 0 Å². The SMILES string of the molecule is COc1ccc(N(c2ccc(C)cc2)c2ccc3c4c(-c5ccccc5)c5c6cccc7c(N(c8ccc(OC)cc8)c8ccc(C(C)C)cc8)ccc(c5c(-c5ccccc5)c4c4cccc2c43)c76)cc1. The number of rotatable bonds is 11. The Hall–Kier alpha value is -8.86. The van der Waals surface area contributed by atoms with Gasteiger partial charge >= 0.3 is 0 Å². The maximum absolute atomic E-state index is 5.66. The third kappa shape index (κ3) is 6.74. The number of aryl methyl sites for hydroxylation is 1. The molecule has 0 radical (unpaired) electrons. The lowest BCUT2D eigenvalue weighted by Crippen LogP contribution is -2.10. The monoisotopic (exact) mass is 928 g/mol. The van der Waals surface area contributed by atoms with E-state index in [0.717, 1.165) is 45.6 Å². The van der Waals surface area contributed by atoms with Crippen LogP contribution in [0.3, 0.4) is 0 Å². The quantitative estimate of drug-likeness (QED) is 0.129. The molecule has 0 atom stereocenters. The van der Waals surface area contributed by atoms with Crippen LogP contribution in [0, 0.1) is 6.92 Å². The van der Waals surface area contributed by atoms with Crippen LogP contribution >= 0.6 is 0 Å². The Labute approximate surface area is 420 Å². The van der Waals surface area contributed by atoms with E-state index >= 15 is 0 Å². The molecule has 0 bridgehead atoms. The van der Waals surface area contributed by atoms with E-state index in [0.29, 0.717) is 5.92 Å². The normalized spacial score (nSPS) is 11.8. The van der Waals surface area contributed by atoms with Crippen molar-refractivity contribution in [2.24, 2.45) is 0 Å². The molecule has 0 unspecified atom stereocenters. The van der Waals surface area contributed by atoms with Crippen molar-refractivity contribution in [1.29, 1.82) is 0 Å². The number of anilines is 6. The standard InChI is InChI=1S/C68H52N2O2/c1-42(2)44-24-28-48(29-25-44)70(50-32-36-52(72-5)37-33-50)60-41-39-58-64-54(60)19-13-21-56(64)66-62(46-16-10-7-11-17-46)67-57-38-40-59(69(47-26-22-43(3)23-27-47)49-30-34-51(71-4)35-31-49)53-18-12-20-55(63(53)57)65(67)61(68(58)66)45-14-8-6-9-15-45/h6-42H,1-5H3. The first-order valence-corrected chi connectivity index (χ1v) is 24.9. The summed E-state index contributed by atoms with van der Waals surface area (Å²) in [4.78, 5) is 4.80. The van der Waals surface area contributed by atoms with Crippen molar-refractivity contribution in [2.45, 2.75) is 26.7 Å². The number of hydrogen-bond acceptors (Lipinski definition) is 4. The molecule has 13 aromatic carbocycles. The Morgan fingerprint density at radius 2 is 0.667 bits per heavy atom. The van der Waals surface area contributed by atoms with Gasteiger partial charge in [0, 0.05) is 33.5 Å². The summed E-state index contributed by atoms with van der Waals surface area (Å²) in [6, 6.07) is 80.4. The molecule has 4 nitrogen and oxygen atoms in total. The van der Waals surface area contributed by atoms with Crippen LogP contribution in [-0.4, -0.2) is 14.2 Å². The number of fused-ring (bicyclic) bond motifs is 6. The second-order valence-corrected chi connectivity index (χ2v) is 19.4. The first kappa shape index (κ1) is 43.2. The summed E-state index contributed by atoms with van der Waals surface area (Å²) < 4.78 is 11.3. The van der Waals surface area contributed by atoms with Gasteiger partial charge in [0.1, 0.15) is 11.5 Å². The van der Waals surface area contributed by atoms with Crippen molar-refractivity contribution >= 4 is 98.8 Å². The van der Waals surface area contributed by atoms with Crippen LogP contribution in [-0.2, 0) is 0 Å². The summed E-state index contributed by atoms with van der Waals surface area (Å²) >= 11 is 0. The highest BCUT2D eigenvalue weighted by Crippen LogP contribution is 2.57. The van der Waals surface area contributed by atoms with Gasteiger partial charge in [-0.15, -0.1) is 0 Å². The number of hydrogen-bond donors (Lipinski definition) is 0. The second-order valence-electron chi connectivity index (χ2n) is 19.4. The van der Waals surface area contributed by atoms with Crippen molar-refractivity contribution in [3.63, 3.8) is 0 Å². The topological polar surface area (TPSA) is 24.9 Å². The first-order chi connectivity index (χ1) is 35.4. The van der Waals surface area contributed by atoms with E-state index in [1.54, 1.807) is 14.2 Å². The van der Waals surface area contributed by atoms with Gasteiger partial charge in [-0.2, -0.15) is 0 Å². The largest absolute Gasteiger partial charge is 0.497 e. The maximum atomic E-state index is 5.66. The fourth-order valence-electron chi connectivity index (χ4n) is 11.6.